The third-order valence-electron chi connectivity index (χ3n) is 2.85. The normalized spacial score (nSPS) is 30.9. The van der Waals surface area contributed by atoms with Crippen molar-refractivity contribution in [2.24, 2.45) is 0 Å². The fourth-order valence-corrected chi connectivity index (χ4v) is 2.01. The van der Waals surface area contributed by atoms with Crippen molar-refractivity contribution in [2.75, 3.05) is 13.2 Å². The Balaban J connectivity index is 1.65. The molecule has 0 aromatic carbocycles. The molecule has 0 saturated carbocycles. The van der Waals surface area contributed by atoms with Crippen molar-refractivity contribution in [3.05, 3.63) is 0 Å². The van der Waals surface area contributed by atoms with Crippen LogP contribution < -0.4 is 10.6 Å². The van der Waals surface area contributed by atoms with Crippen molar-refractivity contribution in [3.63, 3.8) is 0 Å². The summed E-state index contributed by atoms with van der Waals surface area (Å²) in [5, 5.41) is 5.35. The van der Waals surface area contributed by atoms with Crippen LogP contribution in [0.1, 0.15) is 25.7 Å². The fourth-order valence-electron chi connectivity index (χ4n) is 2.01. The van der Waals surface area contributed by atoms with E-state index in [2.05, 4.69) is 10.6 Å². The lowest BCUT2D eigenvalue weighted by Gasteiger charge is -2.12. The Bertz CT molecular complexity index is 261. The molecule has 2 N–H and O–H groups in total. The van der Waals surface area contributed by atoms with Gasteiger partial charge in [-0.25, -0.2) is 0 Å². The van der Waals surface area contributed by atoms with E-state index in [0.29, 0.717) is 6.10 Å². The second-order valence-corrected chi connectivity index (χ2v) is 4.05. The average Bonchev–Trinajstić information content (AvgIpc) is 2.77. The first-order chi connectivity index (χ1) is 7.25. The van der Waals surface area contributed by atoms with Crippen LogP contribution in [0.5, 0.6) is 0 Å². The third-order valence-corrected chi connectivity index (χ3v) is 2.85. The van der Waals surface area contributed by atoms with Gasteiger partial charge < -0.3 is 10.1 Å². The second kappa shape index (κ2) is 4.72. The first kappa shape index (κ1) is 10.6. The highest BCUT2D eigenvalue weighted by atomic mass is 16.5. The molecule has 5 heteroatoms. The van der Waals surface area contributed by atoms with Crippen LogP contribution in [-0.4, -0.2) is 37.1 Å². The molecule has 0 aromatic heterocycles. The van der Waals surface area contributed by atoms with Crippen LogP contribution in [0.4, 0.5) is 0 Å². The molecule has 0 radical (unpaired) electrons. The van der Waals surface area contributed by atoms with Crippen LogP contribution in [-0.2, 0) is 14.3 Å². The number of imide groups is 1. The quantitative estimate of drug-likeness (QED) is 0.620. The maximum absolute atomic E-state index is 11.2. The molecule has 2 rings (SSSR count). The minimum absolute atomic E-state index is 0.186. The second-order valence-electron chi connectivity index (χ2n) is 4.05. The highest BCUT2D eigenvalue weighted by Gasteiger charge is 2.29. The maximum Gasteiger partial charge on any atom is 0.244 e. The van der Waals surface area contributed by atoms with Gasteiger partial charge in [0.15, 0.2) is 0 Å². The molecule has 2 fully saturated rings. The summed E-state index contributed by atoms with van der Waals surface area (Å²) < 4.78 is 5.46. The summed E-state index contributed by atoms with van der Waals surface area (Å²) in [5.74, 6) is -0.387. The zero-order valence-electron chi connectivity index (χ0n) is 8.62. The lowest BCUT2D eigenvalue weighted by molar-refractivity contribution is -0.125. The number of amides is 2. The summed E-state index contributed by atoms with van der Waals surface area (Å²) in [4.78, 5) is 22.1. The van der Waals surface area contributed by atoms with E-state index >= 15 is 0 Å². The molecular weight excluding hydrogens is 196 g/mol. The van der Waals surface area contributed by atoms with Gasteiger partial charge in [0.2, 0.25) is 11.8 Å². The molecule has 2 saturated heterocycles. The number of carbonyl (C=O) groups excluding carboxylic acids is 2. The summed E-state index contributed by atoms with van der Waals surface area (Å²) in [6, 6.07) is -0.334. The lowest BCUT2D eigenvalue weighted by atomic mass is 10.1. The van der Waals surface area contributed by atoms with Gasteiger partial charge in [-0.05, 0) is 25.8 Å². The van der Waals surface area contributed by atoms with Crippen LogP contribution >= 0.6 is 0 Å². The summed E-state index contributed by atoms with van der Waals surface area (Å²) in [6.07, 6.45) is 3.75. The smallest absolute Gasteiger partial charge is 0.244 e. The maximum atomic E-state index is 11.2. The Kier molecular flexibility index (Phi) is 3.33. The summed E-state index contributed by atoms with van der Waals surface area (Å²) in [5.41, 5.74) is 0. The Morgan fingerprint density at radius 2 is 2.33 bits per heavy atom. The molecule has 0 aromatic rings. The van der Waals surface area contributed by atoms with Crippen LogP contribution in [0.15, 0.2) is 0 Å². The van der Waals surface area contributed by atoms with Crippen LogP contribution in [0, 0.1) is 0 Å². The number of hydrogen-bond acceptors (Lipinski definition) is 4. The van der Waals surface area contributed by atoms with Crippen molar-refractivity contribution < 1.29 is 14.3 Å². The predicted octanol–water partition coefficient (Wildman–Crippen LogP) is -0.440. The SMILES string of the molecule is O=C1CC(NCCC2CCCO2)C(=O)N1. The van der Waals surface area contributed by atoms with Crippen LogP contribution in [0.25, 0.3) is 0 Å². The van der Waals surface area contributed by atoms with Gasteiger partial charge in [-0.2, -0.15) is 0 Å². The zero-order chi connectivity index (χ0) is 10.7. The molecule has 2 heterocycles. The van der Waals surface area contributed by atoms with E-state index in [4.69, 9.17) is 4.74 Å². The fraction of sp³-hybridized carbons (Fsp3) is 0.800. The summed E-state index contributed by atoms with van der Waals surface area (Å²) in [6.45, 7) is 1.59. The van der Waals surface area contributed by atoms with Gasteiger partial charge in [0.1, 0.15) is 0 Å². The van der Waals surface area contributed by atoms with Crippen molar-refractivity contribution in [2.45, 2.75) is 37.8 Å². The highest BCUT2D eigenvalue weighted by Crippen LogP contribution is 2.14. The molecule has 2 atom stereocenters. The first-order valence-corrected chi connectivity index (χ1v) is 5.44. The average molecular weight is 212 g/mol. The van der Waals surface area contributed by atoms with E-state index in [-0.39, 0.29) is 24.3 Å². The Morgan fingerprint density at radius 1 is 1.47 bits per heavy atom. The largest absolute Gasteiger partial charge is 0.378 e. The molecule has 2 aliphatic rings. The molecule has 2 amide bonds. The van der Waals surface area contributed by atoms with Crippen molar-refractivity contribution in [3.8, 4) is 0 Å². The number of nitrogens with one attached hydrogen (secondary N) is 2. The molecular formula is C10H16N2O3. The number of ether oxygens (including phenoxy) is 1. The van der Waals surface area contributed by atoms with E-state index in [9.17, 15) is 9.59 Å². The predicted molar refractivity (Wildman–Crippen MR) is 53.1 cm³/mol. The van der Waals surface area contributed by atoms with Gasteiger partial charge in [0, 0.05) is 6.61 Å². The zero-order valence-corrected chi connectivity index (χ0v) is 8.62. The monoisotopic (exact) mass is 212 g/mol. The molecule has 5 nitrogen and oxygen atoms in total. The Morgan fingerprint density at radius 3 is 2.93 bits per heavy atom. The van der Waals surface area contributed by atoms with Crippen molar-refractivity contribution >= 4 is 11.8 Å². The van der Waals surface area contributed by atoms with Crippen molar-refractivity contribution in [1.29, 1.82) is 0 Å². The van der Waals surface area contributed by atoms with Gasteiger partial charge in [-0.3, -0.25) is 14.9 Å². The van der Waals surface area contributed by atoms with Crippen molar-refractivity contribution in [1.82, 2.24) is 10.6 Å². The van der Waals surface area contributed by atoms with Gasteiger partial charge >= 0.3 is 0 Å². The molecule has 0 bridgehead atoms. The van der Waals surface area contributed by atoms with Gasteiger partial charge in [0.05, 0.1) is 18.6 Å². The third kappa shape index (κ3) is 2.76. The Labute approximate surface area is 88.5 Å². The number of hydrogen-bond donors (Lipinski definition) is 2. The molecule has 2 unspecified atom stereocenters. The molecule has 2 aliphatic heterocycles. The number of carbonyl (C=O) groups is 2. The topological polar surface area (TPSA) is 67.4 Å². The van der Waals surface area contributed by atoms with Gasteiger partial charge in [-0.1, -0.05) is 0 Å². The standard InChI is InChI=1S/C10H16N2O3/c13-9-6-8(10(14)12-9)11-4-3-7-2-1-5-15-7/h7-8,11H,1-6H2,(H,12,13,14). The molecule has 84 valence electrons. The van der Waals surface area contributed by atoms with E-state index < -0.39 is 0 Å². The molecule has 0 aliphatic carbocycles. The van der Waals surface area contributed by atoms with E-state index in [0.717, 1.165) is 32.4 Å². The Hall–Kier alpha value is -0.940. The molecule has 0 spiro atoms. The summed E-state index contributed by atoms with van der Waals surface area (Å²) in [7, 11) is 0. The van der Waals surface area contributed by atoms with E-state index in [1.807, 2.05) is 0 Å². The van der Waals surface area contributed by atoms with E-state index in [1.165, 1.54) is 0 Å². The summed E-state index contributed by atoms with van der Waals surface area (Å²) >= 11 is 0. The molecule has 15 heavy (non-hydrogen) atoms. The lowest BCUT2D eigenvalue weighted by Crippen LogP contribution is -2.37. The van der Waals surface area contributed by atoms with Crippen LogP contribution in [0.3, 0.4) is 0 Å². The first-order valence-electron chi connectivity index (χ1n) is 5.44. The van der Waals surface area contributed by atoms with Crippen LogP contribution in [0.2, 0.25) is 0 Å². The van der Waals surface area contributed by atoms with Gasteiger partial charge in [-0.15, -0.1) is 0 Å². The van der Waals surface area contributed by atoms with E-state index in [1.54, 1.807) is 0 Å². The number of rotatable bonds is 4. The highest BCUT2D eigenvalue weighted by molar-refractivity contribution is 6.05. The van der Waals surface area contributed by atoms with Gasteiger partial charge in [0.25, 0.3) is 0 Å². The minimum Gasteiger partial charge on any atom is -0.378 e. The minimum atomic E-state index is -0.334.